The number of azo groups is 4. The first-order valence-corrected chi connectivity index (χ1v) is 41.1. The van der Waals surface area contributed by atoms with E-state index in [9.17, 15) is 64.6 Å². The maximum absolute atomic E-state index is 12.9. The number of aryl methyl sites for hydroxylation is 2. The van der Waals surface area contributed by atoms with Crippen LogP contribution in [0.25, 0.3) is 43.1 Å². The second-order valence-corrected chi connectivity index (χ2v) is 29.9. The van der Waals surface area contributed by atoms with Crippen molar-refractivity contribution in [2.24, 2.45) is 40.9 Å². The number of phenolic OH excluding ortho intramolecular Hbond substituents is 4. The highest BCUT2D eigenvalue weighted by atomic mass is 35.5. The summed E-state index contributed by atoms with van der Waals surface area (Å²) in [7, 11) is 5.66. The molecular weight excluding hydrogens is 1780 g/mol. The zero-order valence-corrected chi connectivity index (χ0v) is 73.8. The Balaban J connectivity index is 0.000000152. The van der Waals surface area contributed by atoms with Gasteiger partial charge in [0.25, 0.3) is 11.4 Å². The molecule has 0 aliphatic rings. The highest BCUT2D eigenvalue weighted by molar-refractivity contribution is 6.32. The standard InChI is InChI=1S/C26H20N2O5.C25H18ClN3O7.C25H19ClN2O3.C24H16ClN3O6/c1-16-9-3-8-14-22(16)33-26(31)20-15-17-10-4-5-11-18(17)23(24(20)29)28-27-21-13-7-6-12-19(21)25(30)32-2;1-34-21-13-20(22(35-2)12-19(21)26)27-28-23-17-6-4-3-5-14(17)11-18(24(23)30)25(31)36-16-9-7-15(8-10-16)29(32)33;1-15-7-5-9-18(13-15)31-25(30)20-14-17-8-3-4-10-19(17)23(24(20)29)28-27-22-12-6-11-21(26)16(22)2;1-33-16-6-4-7-17(13-16)34-24(30)19-11-14-5-2-3-8-18(14)22(23(19)29)27-26-20-10-9-15(25)12-21(20)28(31)32/h3-15,29H,1-2H3;3-13,30H,1-2H3;3-14,29H,1-2H3;2-13,29H,1H3. The largest absolute Gasteiger partial charge is 0.505 e. The lowest BCUT2D eigenvalue weighted by Crippen LogP contribution is -2.09. The lowest BCUT2D eigenvalue weighted by molar-refractivity contribution is -0.384. The van der Waals surface area contributed by atoms with E-state index in [2.05, 4.69) is 40.9 Å². The van der Waals surface area contributed by atoms with Crippen molar-refractivity contribution in [2.75, 3.05) is 28.4 Å². The van der Waals surface area contributed by atoms with Crippen molar-refractivity contribution < 1.29 is 92.1 Å². The SMILES string of the molecule is COC(=O)c1ccccc1N=Nc1c(O)c(C(=O)Oc2ccccc2C)cc2ccccc12.COc1cc(N=Nc2c(O)c(C(=O)Oc3ccc([N+](=O)[O-])cc3)cc3ccccc23)c(OC)cc1Cl.COc1cccc(OC(=O)c2cc3ccccc3c(N=Nc3ccc(Cl)cc3[N+](=O)[O-])c2O)c1.Cc1cccc(OC(=O)c2cc3ccccc3c(N=Nc3cccc(Cl)c3C)c2O)c1. The fourth-order valence-electron chi connectivity index (χ4n) is 13.2. The van der Waals surface area contributed by atoms with Crippen LogP contribution in [-0.4, -0.2) is 88.6 Å². The molecule has 16 rings (SSSR count). The first-order chi connectivity index (χ1) is 64.6. The van der Waals surface area contributed by atoms with Crippen molar-refractivity contribution in [1.29, 1.82) is 0 Å². The van der Waals surface area contributed by atoms with Crippen molar-refractivity contribution in [3.05, 3.63) is 371 Å². The van der Waals surface area contributed by atoms with Crippen LogP contribution in [0.1, 0.15) is 68.5 Å². The van der Waals surface area contributed by atoms with Crippen molar-refractivity contribution in [3.8, 4) is 63.2 Å². The van der Waals surface area contributed by atoms with Gasteiger partial charge in [0.1, 0.15) is 96.6 Å². The molecule has 31 nitrogen and oxygen atoms in total. The summed E-state index contributed by atoms with van der Waals surface area (Å²) in [5.74, 6) is -3.02. The molecule has 0 atom stereocenters. The predicted molar refractivity (Wildman–Crippen MR) is 504 cm³/mol. The number of carbonyl (C=O) groups excluding carboxylic acids is 5. The third-order valence-electron chi connectivity index (χ3n) is 20.0. The third-order valence-corrected chi connectivity index (χ3v) is 21.0. The number of hydrogen-bond donors (Lipinski definition) is 4. The van der Waals surface area contributed by atoms with Crippen LogP contribution in [0.2, 0.25) is 15.1 Å². The minimum atomic E-state index is -0.880. The fourth-order valence-corrected chi connectivity index (χ4v) is 13.8. The molecule has 0 amide bonds. The van der Waals surface area contributed by atoms with Gasteiger partial charge in [0.15, 0.2) is 28.7 Å². The second kappa shape index (κ2) is 43.1. The minimum absolute atomic E-state index is 0.0111. The molecule has 670 valence electrons. The summed E-state index contributed by atoms with van der Waals surface area (Å²) in [6.07, 6.45) is 0. The molecule has 0 spiro atoms. The number of non-ortho nitro benzene ring substituents is 1. The van der Waals surface area contributed by atoms with Gasteiger partial charge in [-0.15, -0.1) is 35.8 Å². The van der Waals surface area contributed by atoms with E-state index >= 15 is 0 Å². The minimum Gasteiger partial charge on any atom is -0.505 e. The monoisotopic (exact) mass is 1850 g/mol. The summed E-state index contributed by atoms with van der Waals surface area (Å²) in [5, 5.41) is 105. The van der Waals surface area contributed by atoms with Gasteiger partial charge in [0.2, 0.25) is 0 Å². The topological polar surface area (TPSA) is 425 Å². The lowest BCUT2D eigenvalue weighted by atomic mass is 10.0. The Bertz CT molecular complexity index is 7430. The Morgan fingerprint density at radius 2 is 0.731 bits per heavy atom. The summed E-state index contributed by atoms with van der Waals surface area (Å²) >= 11 is 18.2. The molecule has 0 saturated carbocycles. The van der Waals surface area contributed by atoms with E-state index < -0.39 is 51.2 Å². The number of ether oxygens (including phenoxy) is 8. The van der Waals surface area contributed by atoms with Crippen molar-refractivity contribution in [1.82, 2.24) is 0 Å². The first-order valence-electron chi connectivity index (χ1n) is 40.0. The lowest BCUT2D eigenvalue weighted by Gasteiger charge is -2.11. The Morgan fingerprint density at radius 3 is 1.21 bits per heavy atom. The van der Waals surface area contributed by atoms with Gasteiger partial charge < -0.3 is 58.3 Å². The zero-order chi connectivity index (χ0) is 95.4. The Labute approximate surface area is 776 Å². The van der Waals surface area contributed by atoms with Gasteiger partial charge in [-0.3, -0.25) is 20.2 Å². The van der Waals surface area contributed by atoms with Crippen LogP contribution in [0, 0.1) is 41.0 Å². The molecule has 4 N–H and O–H groups in total. The average molecular weight is 1860 g/mol. The molecule has 0 aliphatic heterocycles. The van der Waals surface area contributed by atoms with Crippen LogP contribution >= 0.6 is 34.8 Å². The van der Waals surface area contributed by atoms with Gasteiger partial charge in [0, 0.05) is 68.0 Å². The molecule has 0 saturated heterocycles. The van der Waals surface area contributed by atoms with E-state index in [-0.39, 0.29) is 107 Å². The quantitative estimate of drug-likeness (QED) is 0.0161. The summed E-state index contributed by atoms with van der Waals surface area (Å²) in [6.45, 7) is 5.56. The fraction of sp³-hybridized carbons (Fsp3) is 0.0700. The van der Waals surface area contributed by atoms with Crippen LogP contribution < -0.4 is 33.2 Å². The molecule has 0 aliphatic carbocycles. The molecule has 0 radical (unpaired) electrons. The molecule has 0 aromatic heterocycles. The summed E-state index contributed by atoms with van der Waals surface area (Å²) < 4.78 is 42.2. The highest BCUT2D eigenvalue weighted by Crippen LogP contribution is 2.47. The molecule has 0 bridgehead atoms. The first kappa shape index (κ1) is 94.2. The van der Waals surface area contributed by atoms with E-state index in [1.165, 1.54) is 95.2 Å². The van der Waals surface area contributed by atoms with E-state index in [0.717, 1.165) is 28.1 Å². The molecule has 16 aromatic carbocycles. The second-order valence-electron chi connectivity index (χ2n) is 28.7. The number of rotatable bonds is 22. The number of hydrogen-bond acceptors (Lipinski definition) is 29. The maximum atomic E-state index is 12.9. The summed E-state index contributed by atoms with van der Waals surface area (Å²) in [6, 6.07) is 78.9. The number of methoxy groups -OCH3 is 4. The number of benzene rings is 16. The number of nitro groups is 2. The molecule has 0 fully saturated rings. The molecular formula is C100H73Cl3N10O21. The Hall–Kier alpha value is -17.4. The number of carbonyl (C=O) groups is 5. The predicted octanol–water partition coefficient (Wildman–Crippen LogP) is 27.2. The third kappa shape index (κ3) is 22.3. The van der Waals surface area contributed by atoms with Crippen molar-refractivity contribution in [3.63, 3.8) is 0 Å². The number of nitrogens with zero attached hydrogens (tertiary/aromatic N) is 10. The van der Waals surface area contributed by atoms with Crippen LogP contribution in [0.3, 0.4) is 0 Å². The van der Waals surface area contributed by atoms with Gasteiger partial charge in [-0.2, -0.15) is 5.11 Å². The molecule has 0 heterocycles. The Morgan fingerprint density at radius 1 is 0.313 bits per heavy atom. The molecule has 16 aromatic rings. The summed E-state index contributed by atoms with van der Waals surface area (Å²) in [5.41, 5.74) is 3.19. The van der Waals surface area contributed by atoms with E-state index in [1.807, 2.05) is 69.3 Å². The van der Waals surface area contributed by atoms with Crippen LogP contribution in [-0.2, 0) is 4.74 Å². The number of nitro benzene ring substituents is 2. The van der Waals surface area contributed by atoms with Crippen LogP contribution in [0.5, 0.6) is 63.2 Å². The summed E-state index contributed by atoms with van der Waals surface area (Å²) in [4.78, 5) is 84.6. The number of aromatic hydroxyl groups is 4. The van der Waals surface area contributed by atoms with Crippen LogP contribution in [0.4, 0.5) is 56.9 Å². The average Bonchev–Trinajstić information content (AvgIpc) is 0.789. The van der Waals surface area contributed by atoms with Gasteiger partial charge >= 0.3 is 29.8 Å². The smallest absolute Gasteiger partial charge is 0.347 e. The zero-order valence-electron chi connectivity index (χ0n) is 71.5. The number of phenols is 4. The van der Waals surface area contributed by atoms with Gasteiger partial charge in [-0.25, -0.2) is 24.0 Å². The van der Waals surface area contributed by atoms with Crippen molar-refractivity contribution in [2.45, 2.75) is 20.8 Å². The normalized spacial score (nSPS) is 11.0. The Kier molecular flexibility index (Phi) is 30.3. The van der Waals surface area contributed by atoms with Gasteiger partial charge in [0.05, 0.1) is 54.6 Å². The molecule has 134 heavy (non-hydrogen) atoms. The van der Waals surface area contributed by atoms with E-state index in [4.69, 9.17) is 72.7 Å². The van der Waals surface area contributed by atoms with E-state index in [0.29, 0.717) is 82.2 Å². The molecule has 34 heteroatoms. The highest BCUT2D eigenvalue weighted by Gasteiger charge is 2.27. The van der Waals surface area contributed by atoms with Gasteiger partial charge in [-0.1, -0.05) is 186 Å². The van der Waals surface area contributed by atoms with Crippen LogP contribution in [0.15, 0.2) is 332 Å². The van der Waals surface area contributed by atoms with Gasteiger partial charge in [-0.05, 0) is 162 Å². The maximum Gasteiger partial charge on any atom is 0.347 e. The molecule has 0 unspecified atom stereocenters. The number of fused-ring (bicyclic) bond motifs is 4. The van der Waals surface area contributed by atoms with Crippen molar-refractivity contribution >= 4 is 165 Å². The number of para-hydroxylation sites is 1. The number of esters is 5. The van der Waals surface area contributed by atoms with E-state index in [1.54, 1.807) is 170 Å². The number of halogens is 3.